The Hall–Kier alpha value is -3.81. The lowest BCUT2D eigenvalue weighted by atomic mass is 10.00. The van der Waals surface area contributed by atoms with Gasteiger partial charge in [0.2, 0.25) is 0 Å². The number of hydrogen-bond donors (Lipinski definition) is 2. The van der Waals surface area contributed by atoms with Crippen LogP contribution in [-0.4, -0.2) is 74.7 Å². The number of tetrazole rings is 2. The van der Waals surface area contributed by atoms with Crippen LogP contribution in [0.5, 0.6) is 5.75 Å². The number of nitrogens with one attached hydrogen (secondary N) is 2. The molecule has 11 nitrogen and oxygen atoms in total. The third-order valence-electron chi connectivity index (χ3n) is 6.57. The molecule has 2 atom stereocenters. The molecular formula is C28H34BrFN10O. The fraction of sp³-hybridized carbons (Fsp3) is 0.357. The molecule has 0 radical (unpaired) electrons. The quantitative estimate of drug-likeness (QED) is 0.223. The Morgan fingerprint density at radius 2 is 1.54 bits per heavy atom. The second-order valence-electron chi connectivity index (χ2n) is 9.38. The first kappa shape index (κ1) is 30.2. The minimum Gasteiger partial charge on any atom is -0.497 e. The summed E-state index contributed by atoms with van der Waals surface area (Å²) in [4.78, 5) is 3.24. The zero-order chi connectivity index (χ0) is 29.2. The standard InChI is InChI=1S/C16H19N5O.C12H15BrFN5/c1-17-8-7-16(21-19-11-18-20-21)14-4-3-13-10-15(22-2)6-5-12(13)9-14;1-8-16-18-19(17-8)12(5-6-15-2)9-3-4-11(14)10(13)7-9/h3-6,9-11,16-17H,7-8H2,1-2H3;3-4,7,12,15H,5-6H2,1-2H3. The summed E-state index contributed by atoms with van der Waals surface area (Å²) in [5.41, 5.74) is 2.12. The Labute approximate surface area is 246 Å². The van der Waals surface area contributed by atoms with E-state index in [2.05, 4.69) is 81.7 Å². The summed E-state index contributed by atoms with van der Waals surface area (Å²) in [6.45, 7) is 3.48. The van der Waals surface area contributed by atoms with Crippen LogP contribution in [0.4, 0.5) is 4.39 Å². The molecule has 0 saturated heterocycles. The molecule has 0 aliphatic heterocycles. The summed E-state index contributed by atoms with van der Waals surface area (Å²) >= 11 is 3.20. The second-order valence-corrected chi connectivity index (χ2v) is 10.2. The molecule has 41 heavy (non-hydrogen) atoms. The van der Waals surface area contributed by atoms with Gasteiger partial charge in [0.05, 0.1) is 23.7 Å². The van der Waals surface area contributed by atoms with Gasteiger partial charge in [0.1, 0.15) is 11.6 Å². The number of methoxy groups -OCH3 is 1. The average molecular weight is 626 g/mol. The van der Waals surface area contributed by atoms with Crippen molar-refractivity contribution in [2.24, 2.45) is 0 Å². The van der Waals surface area contributed by atoms with Crippen LogP contribution in [0.25, 0.3) is 10.8 Å². The van der Waals surface area contributed by atoms with Gasteiger partial charge in [0.15, 0.2) is 12.2 Å². The largest absolute Gasteiger partial charge is 0.497 e. The van der Waals surface area contributed by atoms with E-state index in [1.54, 1.807) is 35.8 Å². The van der Waals surface area contributed by atoms with Crippen LogP contribution in [0, 0.1) is 12.7 Å². The topological polar surface area (TPSA) is 120 Å². The van der Waals surface area contributed by atoms with E-state index in [4.69, 9.17) is 4.74 Å². The van der Waals surface area contributed by atoms with Gasteiger partial charge in [0.25, 0.3) is 0 Å². The molecule has 0 spiro atoms. The van der Waals surface area contributed by atoms with Crippen LogP contribution in [0.1, 0.15) is 41.9 Å². The van der Waals surface area contributed by atoms with Crippen molar-refractivity contribution in [2.75, 3.05) is 34.3 Å². The molecule has 0 saturated carbocycles. The summed E-state index contributed by atoms with van der Waals surface area (Å²) in [6.07, 6.45) is 3.16. The normalized spacial score (nSPS) is 12.5. The molecule has 0 amide bonds. The molecular weight excluding hydrogens is 591 g/mol. The van der Waals surface area contributed by atoms with Gasteiger partial charge in [-0.15, -0.1) is 20.4 Å². The van der Waals surface area contributed by atoms with Crippen molar-refractivity contribution < 1.29 is 9.13 Å². The number of fused-ring (bicyclic) bond motifs is 1. The molecule has 13 heteroatoms. The first-order valence-electron chi connectivity index (χ1n) is 13.2. The van der Waals surface area contributed by atoms with Crippen LogP contribution in [0.2, 0.25) is 0 Å². The number of ether oxygens (including phenoxy) is 1. The van der Waals surface area contributed by atoms with E-state index in [1.807, 2.05) is 26.2 Å². The first-order chi connectivity index (χ1) is 19.9. The number of nitrogens with zero attached hydrogens (tertiary/aromatic N) is 8. The van der Waals surface area contributed by atoms with E-state index in [-0.39, 0.29) is 17.9 Å². The van der Waals surface area contributed by atoms with E-state index in [0.717, 1.165) is 42.6 Å². The Morgan fingerprint density at radius 3 is 2.15 bits per heavy atom. The molecule has 0 fully saturated rings. The lowest BCUT2D eigenvalue weighted by Crippen LogP contribution is -2.20. The number of aromatic nitrogens is 8. The van der Waals surface area contributed by atoms with Crippen LogP contribution < -0.4 is 15.4 Å². The molecule has 2 heterocycles. The first-order valence-corrected chi connectivity index (χ1v) is 14.0. The van der Waals surface area contributed by atoms with Crippen molar-refractivity contribution in [1.82, 2.24) is 51.0 Å². The van der Waals surface area contributed by atoms with Crippen molar-refractivity contribution in [2.45, 2.75) is 31.8 Å². The lowest BCUT2D eigenvalue weighted by molar-refractivity contribution is 0.415. The minimum absolute atomic E-state index is 0.0643. The van der Waals surface area contributed by atoms with Gasteiger partial charge >= 0.3 is 0 Å². The van der Waals surface area contributed by atoms with Gasteiger partial charge < -0.3 is 15.4 Å². The van der Waals surface area contributed by atoms with Gasteiger partial charge in [-0.1, -0.05) is 24.3 Å². The Morgan fingerprint density at radius 1 is 0.878 bits per heavy atom. The molecule has 0 aliphatic rings. The SMILES string of the molecule is CNCCC(c1ccc(F)c(Br)c1)n1nnc(C)n1.CNCCC(c1ccc2cc(OC)ccc2c1)n1ncnn1. The van der Waals surface area contributed by atoms with Gasteiger partial charge in [-0.2, -0.15) is 9.59 Å². The highest BCUT2D eigenvalue weighted by Crippen LogP contribution is 2.27. The number of halogens is 2. The van der Waals surface area contributed by atoms with Crippen LogP contribution in [0.3, 0.4) is 0 Å². The van der Waals surface area contributed by atoms with Crippen LogP contribution >= 0.6 is 15.9 Å². The highest BCUT2D eigenvalue weighted by Gasteiger charge is 2.18. The van der Waals surface area contributed by atoms with Crippen molar-refractivity contribution in [3.63, 3.8) is 0 Å². The maximum absolute atomic E-state index is 13.3. The molecule has 2 unspecified atom stereocenters. The van der Waals surface area contributed by atoms with Crippen LogP contribution in [-0.2, 0) is 0 Å². The number of benzene rings is 3. The molecule has 2 N–H and O–H groups in total. The second kappa shape index (κ2) is 14.7. The maximum Gasteiger partial charge on any atom is 0.171 e. The molecule has 3 aromatic carbocycles. The smallest absolute Gasteiger partial charge is 0.171 e. The lowest BCUT2D eigenvalue weighted by Gasteiger charge is -2.16. The Kier molecular flexibility index (Phi) is 10.8. The predicted molar refractivity (Wildman–Crippen MR) is 158 cm³/mol. The monoisotopic (exact) mass is 624 g/mol. The van der Waals surface area contributed by atoms with Crippen molar-refractivity contribution in [3.05, 3.63) is 88.2 Å². The maximum atomic E-state index is 13.3. The zero-order valence-electron chi connectivity index (χ0n) is 23.5. The fourth-order valence-corrected chi connectivity index (χ4v) is 4.83. The number of aryl methyl sites for hydroxylation is 1. The summed E-state index contributed by atoms with van der Waals surface area (Å²) in [5, 5.41) is 32.9. The van der Waals surface area contributed by atoms with E-state index in [9.17, 15) is 4.39 Å². The molecule has 5 rings (SSSR count). The van der Waals surface area contributed by atoms with Gasteiger partial charge in [-0.25, -0.2) is 4.39 Å². The van der Waals surface area contributed by atoms with Gasteiger partial charge in [-0.3, -0.25) is 0 Å². The van der Waals surface area contributed by atoms with Gasteiger partial charge in [-0.05, 0) is 126 Å². The number of rotatable bonds is 11. The van der Waals surface area contributed by atoms with Crippen LogP contribution in [0.15, 0.2) is 65.4 Å². The highest BCUT2D eigenvalue weighted by atomic mass is 79.9. The van der Waals surface area contributed by atoms with E-state index in [0.29, 0.717) is 10.3 Å². The van der Waals surface area contributed by atoms with Crippen molar-refractivity contribution in [3.8, 4) is 5.75 Å². The molecule has 2 aromatic heterocycles. The third-order valence-corrected chi connectivity index (χ3v) is 7.18. The van der Waals surface area contributed by atoms with Crippen molar-refractivity contribution >= 4 is 26.7 Å². The number of hydrogen-bond acceptors (Lipinski definition) is 9. The third kappa shape index (κ3) is 7.90. The summed E-state index contributed by atoms with van der Waals surface area (Å²) < 4.78 is 19.0. The van der Waals surface area contributed by atoms with E-state index < -0.39 is 0 Å². The Balaban J connectivity index is 0.000000191. The molecule has 216 valence electrons. The average Bonchev–Trinajstić information content (AvgIpc) is 3.68. The molecule has 5 aromatic rings. The Bertz CT molecular complexity index is 1530. The zero-order valence-corrected chi connectivity index (χ0v) is 25.1. The summed E-state index contributed by atoms with van der Waals surface area (Å²) in [5.74, 6) is 1.21. The summed E-state index contributed by atoms with van der Waals surface area (Å²) in [6, 6.07) is 17.4. The van der Waals surface area contributed by atoms with Crippen molar-refractivity contribution in [1.29, 1.82) is 0 Å². The summed E-state index contributed by atoms with van der Waals surface area (Å²) in [7, 11) is 5.51. The van der Waals surface area contributed by atoms with Gasteiger partial charge in [0, 0.05) is 0 Å². The minimum atomic E-state index is -0.279. The highest BCUT2D eigenvalue weighted by molar-refractivity contribution is 9.10. The van der Waals surface area contributed by atoms with E-state index in [1.165, 1.54) is 23.3 Å². The van der Waals surface area contributed by atoms with E-state index >= 15 is 0 Å². The molecule has 0 aliphatic carbocycles. The fourth-order valence-electron chi connectivity index (χ4n) is 4.44. The predicted octanol–water partition coefficient (Wildman–Crippen LogP) is 4.12. The molecule has 0 bridgehead atoms.